The van der Waals surface area contributed by atoms with E-state index in [-0.39, 0.29) is 0 Å². The van der Waals surface area contributed by atoms with Crippen molar-refractivity contribution in [1.82, 2.24) is 19.7 Å². The maximum absolute atomic E-state index is 12.0. The molecule has 1 aliphatic rings. The molecule has 0 aliphatic carbocycles. The molecule has 0 amide bonds. The van der Waals surface area contributed by atoms with Crippen LogP contribution in [0.15, 0.2) is 60.9 Å². The molecule has 0 bridgehead atoms. The summed E-state index contributed by atoms with van der Waals surface area (Å²) in [6.45, 7) is 4.84. The van der Waals surface area contributed by atoms with Crippen molar-refractivity contribution < 1.29 is 9.90 Å². The van der Waals surface area contributed by atoms with Crippen molar-refractivity contribution in [2.45, 2.75) is 13.0 Å². The Morgan fingerprint density at radius 3 is 2.39 bits per heavy atom. The Morgan fingerprint density at radius 1 is 1.04 bits per heavy atom. The van der Waals surface area contributed by atoms with Crippen LogP contribution >= 0.6 is 0 Å². The monoisotopic (exact) mass is 377 g/mol. The average molecular weight is 377 g/mol. The van der Waals surface area contributed by atoms with Crippen LogP contribution < -0.4 is 4.90 Å². The molecule has 4 rings (SSSR count). The molecule has 0 radical (unpaired) electrons. The van der Waals surface area contributed by atoms with Crippen LogP contribution in [0.3, 0.4) is 0 Å². The SMILES string of the molecule is Cc1cccc(N2CCN(C(C(=O)O)c3ccc(-n4cccn4)cc3)CC2)n1. The van der Waals surface area contributed by atoms with Crippen molar-refractivity contribution in [1.29, 1.82) is 0 Å². The molecular weight excluding hydrogens is 354 g/mol. The summed E-state index contributed by atoms with van der Waals surface area (Å²) >= 11 is 0. The highest BCUT2D eigenvalue weighted by molar-refractivity contribution is 5.75. The van der Waals surface area contributed by atoms with Gasteiger partial charge in [-0.05, 0) is 42.8 Å². The Balaban J connectivity index is 1.48. The largest absolute Gasteiger partial charge is 0.480 e. The zero-order valence-corrected chi connectivity index (χ0v) is 15.8. The lowest BCUT2D eigenvalue weighted by molar-refractivity contribution is -0.143. The number of nitrogens with zero attached hydrogens (tertiary/aromatic N) is 5. The third-order valence-electron chi connectivity index (χ3n) is 5.09. The highest BCUT2D eigenvalue weighted by atomic mass is 16.4. The van der Waals surface area contributed by atoms with E-state index in [4.69, 9.17) is 0 Å². The van der Waals surface area contributed by atoms with Gasteiger partial charge in [0.25, 0.3) is 0 Å². The lowest BCUT2D eigenvalue weighted by Gasteiger charge is -2.38. The Morgan fingerprint density at radius 2 is 1.79 bits per heavy atom. The van der Waals surface area contributed by atoms with Gasteiger partial charge in [-0.15, -0.1) is 0 Å². The van der Waals surface area contributed by atoms with Crippen LogP contribution in [-0.4, -0.2) is 56.9 Å². The van der Waals surface area contributed by atoms with Gasteiger partial charge in [0, 0.05) is 44.3 Å². The highest BCUT2D eigenvalue weighted by Crippen LogP contribution is 2.25. The van der Waals surface area contributed by atoms with Gasteiger partial charge in [0.1, 0.15) is 11.9 Å². The van der Waals surface area contributed by atoms with Crippen molar-refractivity contribution in [3.63, 3.8) is 0 Å². The van der Waals surface area contributed by atoms with E-state index in [0.717, 1.165) is 35.9 Å². The molecular formula is C21H23N5O2. The molecule has 144 valence electrons. The first-order valence-corrected chi connectivity index (χ1v) is 9.37. The smallest absolute Gasteiger partial charge is 0.325 e. The second-order valence-electron chi connectivity index (χ2n) is 6.94. The summed E-state index contributed by atoms with van der Waals surface area (Å²) in [5.74, 6) is 0.129. The van der Waals surface area contributed by atoms with Gasteiger partial charge in [0.2, 0.25) is 0 Å². The number of aromatic nitrogens is 3. The molecule has 0 spiro atoms. The van der Waals surface area contributed by atoms with E-state index in [1.54, 1.807) is 10.9 Å². The first-order valence-electron chi connectivity index (χ1n) is 9.37. The van der Waals surface area contributed by atoms with Crippen molar-refractivity contribution >= 4 is 11.8 Å². The molecule has 1 aromatic carbocycles. The summed E-state index contributed by atoms with van der Waals surface area (Å²) < 4.78 is 1.76. The van der Waals surface area contributed by atoms with Crippen LogP contribution in [0, 0.1) is 6.92 Å². The summed E-state index contributed by atoms with van der Waals surface area (Å²) in [5, 5.41) is 14.1. The minimum atomic E-state index is -0.825. The van der Waals surface area contributed by atoms with Gasteiger partial charge in [-0.3, -0.25) is 9.69 Å². The number of piperazine rings is 1. The number of aryl methyl sites for hydroxylation is 1. The lowest BCUT2D eigenvalue weighted by atomic mass is 10.0. The van der Waals surface area contributed by atoms with Crippen LogP contribution in [0.2, 0.25) is 0 Å². The van der Waals surface area contributed by atoms with E-state index in [9.17, 15) is 9.90 Å². The first kappa shape index (κ1) is 18.2. The van der Waals surface area contributed by atoms with Gasteiger partial charge in [-0.25, -0.2) is 9.67 Å². The number of carbonyl (C=O) groups is 1. The number of pyridine rings is 1. The summed E-state index contributed by atoms with van der Waals surface area (Å²) in [7, 11) is 0. The fourth-order valence-electron chi connectivity index (χ4n) is 3.65. The van der Waals surface area contributed by atoms with E-state index < -0.39 is 12.0 Å². The maximum atomic E-state index is 12.0. The zero-order chi connectivity index (χ0) is 19.5. The minimum absolute atomic E-state index is 0.653. The lowest BCUT2D eigenvalue weighted by Crippen LogP contribution is -2.49. The number of anilines is 1. The fourth-order valence-corrected chi connectivity index (χ4v) is 3.65. The van der Waals surface area contributed by atoms with Crippen LogP contribution in [0.4, 0.5) is 5.82 Å². The van der Waals surface area contributed by atoms with Crippen molar-refractivity contribution in [3.8, 4) is 5.69 Å². The first-order chi connectivity index (χ1) is 13.6. The molecule has 0 saturated carbocycles. The molecule has 3 aromatic rings. The average Bonchev–Trinajstić information content (AvgIpc) is 3.24. The topological polar surface area (TPSA) is 74.5 Å². The molecule has 1 unspecified atom stereocenters. The quantitative estimate of drug-likeness (QED) is 0.737. The molecule has 3 heterocycles. The number of aliphatic carboxylic acids is 1. The number of benzene rings is 1. The Labute approximate surface area is 163 Å². The maximum Gasteiger partial charge on any atom is 0.325 e. The van der Waals surface area contributed by atoms with Gasteiger partial charge in [0.15, 0.2) is 0 Å². The van der Waals surface area contributed by atoms with E-state index in [1.165, 1.54) is 0 Å². The molecule has 7 nitrogen and oxygen atoms in total. The van der Waals surface area contributed by atoms with Crippen molar-refractivity contribution in [2.75, 3.05) is 31.1 Å². The van der Waals surface area contributed by atoms with E-state index in [0.29, 0.717) is 13.1 Å². The van der Waals surface area contributed by atoms with Gasteiger partial charge in [-0.2, -0.15) is 5.10 Å². The third kappa shape index (κ3) is 3.75. The van der Waals surface area contributed by atoms with E-state index in [2.05, 4.69) is 15.0 Å². The molecule has 1 saturated heterocycles. The number of hydrogen-bond donors (Lipinski definition) is 1. The van der Waals surface area contributed by atoms with Crippen molar-refractivity contribution in [2.24, 2.45) is 0 Å². The summed E-state index contributed by atoms with van der Waals surface area (Å²) in [5.41, 5.74) is 2.68. The van der Waals surface area contributed by atoms with Crippen LogP contribution in [0.25, 0.3) is 5.69 Å². The summed E-state index contributed by atoms with van der Waals surface area (Å²) in [4.78, 5) is 20.8. The number of carboxylic acids is 1. The van der Waals surface area contributed by atoms with E-state index in [1.807, 2.05) is 66.6 Å². The molecule has 7 heteroatoms. The fraction of sp³-hybridized carbons (Fsp3) is 0.286. The number of hydrogen-bond acceptors (Lipinski definition) is 5. The van der Waals surface area contributed by atoms with Crippen LogP contribution in [-0.2, 0) is 4.79 Å². The number of rotatable bonds is 5. The van der Waals surface area contributed by atoms with Gasteiger partial charge in [-0.1, -0.05) is 18.2 Å². The number of carboxylic acid groups (broad SMARTS) is 1. The third-order valence-corrected chi connectivity index (χ3v) is 5.09. The van der Waals surface area contributed by atoms with Gasteiger partial charge < -0.3 is 10.0 Å². The Hall–Kier alpha value is -3.19. The minimum Gasteiger partial charge on any atom is -0.480 e. The predicted molar refractivity (Wildman–Crippen MR) is 107 cm³/mol. The van der Waals surface area contributed by atoms with Crippen molar-refractivity contribution in [3.05, 3.63) is 72.2 Å². The molecule has 1 atom stereocenters. The molecule has 1 aliphatic heterocycles. The molecule has 1 N–H and O–H groups in total. The van der Waals surface area contributed by atoms with Crippen LogP contribution in [0.5, 0.6) is 0 Å². The second-order valence-corrected chi connectivity index (χ2v) is 6.94. The van der Waals surface area contributed by atoms with Gasteiger partial charge >= 0.3 is 5.97 Å². The Kier molecular flexibility index (Phi) is 5.08. The molecule has 1 fully saturated rings. The normalized spacial score (nSPS) is 16.1. The predicted octanol–water partition coefficient (Wildman–Crippen LogP) is 2.52. The standard InChI is InChI=1S/C21H23N5O2/c1-16-4-2-5-19(23-16)24-12-14-25(15-13-24)20(21(27)28)17-6-8-18(9-7-17)26-11-3-10-22-26/h2-11,20H,12-15H2,1H3,(H,27,28). The molecule has 2 aromatic heterocycles. The molecule has 28 heavy (non-hydrogen) atoms. The van der Waals surface area contributed by atoms with Crippen LogP contribution in [0.1, 0.15) is 17.3 Å². The summed E-state index contributed by atoms with van der Waals surface area (Å²) in [6.07, 6.45) is 3.58. The summed E-state index contributed by atoms with van der Waals surface area (Å²) in [6, 6.07) is 14.8. The van der Waals surface area contributed by atoms with Gasteiger partial charge in [0.05, 0.1) is 5.69 Å². The zero-order valence-electron chi connectivity index (χ0n) is 15.8. The Bertz CT molecular complexity index is 932. The second kappa shape index (κ2) is 7.82. The highest BCUT2D eigenvalue weighted by Gasteiger charge is 2.30. The van der Waals surface area contributed by atoms with E-state index >= 15 is 0 Å².